The summed E-state index contributed by atoms with van der Waals surface area (Å²) >= 11 is 1.12. The number of nitrogens with one attached hydrogen (secondary N) is 3. The molecular weight excluding hydrogens is 715 g/mol. The largest absolute Gasteiger partial charge is 0.465 e. The van der Waals surface area contributed by atoms with Crippen LogP contribution in [0.25, 0.3) is 10.2 Å². The molecule has 278 valence electrons. The van der Waals surface area contributed by atoms with Gasteiger partial charge in [0.25, 0.3) is 11.1 Å². The highest BCUT2D eigenvalue weighted by Gasteiger charge is 2.61. The summed E-state index contributed by atoms with van der Waals surface area (Å²) in [6, 6.07) is 15.4. The number of halogens is 4. The first kappa shape index (κ1) is 36.2. The van der Waals surface area contributed by atoms with Gasteiger partial charge in [-0.15, -0.1) is 0 Å². The van der Waals surface area contributed by atoms with Gasteiger partial charge in [0.15, 0.2) is 5.75 Å². The molecule has 5 atom stereocenters. The molecule has 0 spiro atoms. The molecule has 10 nitrogen and oxygen atoms in total. The Morgan fingerprint density at radius 1 is 1.02 bits per heavy atom. The Hall–Kier alpha value is -5.18. The molecule has 1 saturated carbocycles. The molecule has 0 unspecified atom stereocenters. The van der Waals surface area contributed by atoms with Crippen LogP contribution < -0.4 is 25.7 Å². The molecule has 3 N–H and O–H groups in total. The highest BCUT2D eigenvalue weighted by Crippen LogP contribution is 2.46. The van der Waals surface area contributed by atoms with Crippen molar-refractivity contribution in [1.29, 1.82) is 0 Å². The van der Waals surface area contributed by atoms with Crippen LogP contribution in [0.5, 0.6) is 10.9 Å². The molecule has 1 aromatic heterocycles. The minimum atomic E-state index is -4.58. The molecule has 4 aromatic rings. The van der Waals surface area contributed by atoms with Crippen molar-refractivity contribution in [3.63, 3.8) is 0 Å². The van der Waals surface area contributed by atoms with Gasteiger partial charge in [0.05, 0.1) is 22.3 Å². The summed E-state index contributed by atoms with van der Waals surface area (Å²) in [7, 11) is 0. The number of carbonyl (C=O) groups excluding carboxylic acids is 3. The number of hydrogen-bond acceptors (Lipinski definition) is 8. The Balaban J connectivity index is 1.17. The second-order valence-corrected chi connectivity index (χ2v) is 14.5. The van der Waals surface area contributed by atoms with Crippen LogP contribution in [0.2, 0.25) is 0 Å². The van der Waals surface area contributed by atoms with Crippen molar-refractivity contribution in [3.05, 3.63) is 96.3 Å². The molecule has 0 bridgehead atoms. The number of benzene rings is 3. The fraction of sp³-hybridized carbons (Fsp3) is 0.368. The maximum Gasteiger partial charge on any atom is 0.416 e. The number of rotatable bonds is 7. The minimum Gasteiger partial charge on any atom is -0.465 e. The van der Waals surface area contributed by atoms with Gasteiger partial charge in [0, 0.05) is 18.0 Å². The Labute approximate surface area is 306 Å². The number of fused-ring (bicyclic) bond motifs is 3. The number of hydrogen-bond donors (Lipinski definition) is 3. The van der Waals surface area contributed by atoms with Crippen LogP contribution in [0.3, 0.4) is 0 Å². The summed E-state index contributed by atoms with van der Waals surface area (Å²) in [6.07, 6.45) is 2.06. The zero-order valence-corrected chi connectivity index (χ0v) is 29.2. The number of aromatic nitrogens is 1. The Kier molecular flexibility index (Phi) is 10.3. The van der Waals surface area contributed by atoms with Crippen LogP contribution >= 0.6 is 11.3 Å². The van der Waals surface area contributed by atoms with Crippen LogP contribution in [-0.4, -0.2) is 57.9 Å². The third-order valence-corrected chi connectivity index (χ3v) is 10.7. The smallest absolute Gasteiger partial charge is 0.416 e. The Morgan fingerprint density at radius 3 is 2.66 bits per heavy atom. The standard InChI is InChI=1S/C38H37F4N5O5S/c39-25-16-17-29-32(19-25)53-36(44-29)51-28-20-31-33(48)45-37(35(50)46-52-27-13-6-4-7-14-27)21-24(37)10-5-2-1-3-8-15-30(34(49)47(31)22-28)43-26-12-9-11-23(18-26)38(40,41)42/h4-7,9-14,16-19,24,28,30-31,43H,1-3,8,15,20-22H2,(H,45,48)(H,46,50)/b10-5-/t24-,28+,30-,31-,37+/m0/s1. The molecule has 1 saturated heterocycles. The van der Waals surface area contributed by atoms with Gasteiger partial charge in [-0.1, -0.05) is 60.6 Å². The lowest BCUT2D eigenvalue weighted by atomic mass is 10.0. The number of alkyl halides is 3. The number of para-hydroxylation sites is 1. The van der Waals surface area contributed by atoms with E-state index in [-0.39, 0.29) is 29.8 Å². The van der Waals surface area contributed by atoms with E-state index in [4.69, 9.17) is 9.57 Å². The molecule has 15 heteroatoms. The van der Waals surface area contributed by atoms with Crippen LogP contribution in [0.4, 0.5) is 23.2 Å². The third kappa shape index (κ3) is 8.24. The lowest BCUT2D eigenvalue weighted by molar-refractivity contribution is -0.141. The van der Waals surface area contributed by atoms with E-state index in [1.807, 2.05) is 12.2 Å². The molecule has 3 aromatic carbocycles. The molecule has 53 heavy (non-hydrogen) atoms. The van der Waals surface area contributed by atoms with E-state index < -0.39 is 59.0 Å². The number of nitrogens with zero attached hydrogens (tertiary/aromatic N) is 2. The van der Waals surface area contributed by atoms with Gasteiger partial charge in [-0.05, 0) is 74.2 Å². The molecule has 2 aliphatic heterocycles. The highest BCUT2D eigenvalue weighted by atomic mass is 32.1. The number of amides is 3. The van der Waals surface area contributed by atoms with E-state index >= 15 is 0 Å². The first-order chi connectivity index (χ1) is 25.5. The molecule has 0 radical (unpaired) electrons. The molecule has 7 rings (SSSR count). The van der Waals surface area contributed by atoms with Crippen LogP contribution in [0, 0.1) is 11.7 Å². The summed E-state index contributed by atoms with van der Waals surface area (Å²) < 4.78 is 61.4. The van der Waals surface area contributed by atoms with Gasteiger partial charge in [0.1, 0.15) is 29.5 Å². The van der Waals surface area contributed by atoms with Gasteiger partial charge in [-0.2, -0.15) is 18.7 Å². The predicted octanol–water partition coefficient (Wildman–Crippen LogP) is 6.79. The van der Waals surface area contributed by atoms with Crippen molar-refractivity contribution < 1.29 is 41.5 Å². The van der Waals surface area contributed by atoms with E-state index in [1.165, 1.54) is 35.2 Å². The highest BCUT2D eigenvalue weighted by molar-refractivity contribution is 7.20. The van der Waals surface area contributed by atoms with Crippen molar-refractivity contribution in [2.24, 2.45) is 5.92 Å². The molecule has 3 heterocycles. The van der Waals surface area contributed by atoms with Gasteiger partial charge in [0.2, 0.25) is 11.8 Å². The lowest BCUT2D eigenvalue weighted by Gasteiger charge is -2.30. The van der Waals surface area contributed by atoms with E-state index in [0.29, 0.717) is 41.6 Å². The maximum atomic E-state index is 14.5. The number of ether oxygens (including phenoxy) is 1. The average Bonchev–Trinajstić information content (AvgIpc) is 3.44. The van der Waals surface area contributed by atoms with Crippen molar-refractivity contribution in [2.75, 3.05) is 11.9 Å². The number of anilines is 1. The monoisotopic (exact) mass is 751 g/mol. The van der Waals surface area contributed by atoms with Gasteiger partial charge in [-0.25, -0.2) is 9.37 Å². The van der Waals surface area contributed by atoms with E-state index in [2.05, 4.69) is 21.1 Å². The topological polar surface area (TPSA) is 122 Å². The predicted molar refractivity (Wildman–Crippen MR) is 189 cm³/mol. The second kappa shape index (κ2) is 15.0. The first-order valence-corrected chi connectivity index (χ1v) is 18.3. The van der Waals surface area contributed by atoms with Crippen molar-refractivity contribution in [2.45, 2.75) is 74.8 Å². The summed E-state index contributed by atoms with van der Waals surface area (Å²) in [5.41, 5.74) is 0.910. The number of allylic oxidation sites excluding steroid dienone is 1. The van der Waals surface area contributed by atoms with Crippen LogP contribution in [-0.2, 0) is 20.6 Å². The molecule has 3 amide bonds. The normalized spacial score (nSPS) is 25.6. The van der Waals surface area contributed by atoms with Crippen LogP contribution in [0.15, 0.2) is 84.9 Å². The summed E-state index contributed by atoms with van der Waals surface area (Å²) in [6.45, 7) is -0.0401. The van der Waals surface area contributed by atoms with Gasteiger partial charge >= 0.3 is 6.18 Å². The van der Waals surface area contributed by atoms with Crippen molar-refractivity contribution in [3.8, 4) is 10.9 Å². The fourth-order valence-electron chi connectivity index (χ4n) is 6.91. The van der Waals surface area contributed by atoms with E-state index in [0.717, 1.165) is 36.3 Å². The molecular formula is C38H37F4N5O5S. The summed E-state index contributed by atoms with van der Waals surface area (Å²) in [5.74, 6) is -1.99. The maximum absolute atomic E-state index is 14.5. The minimum absolute atomic E-state index is 0.0386. The number of hydroxylamine groups is 1. The average molecular weight is 752 g/mol. The van der Waals surface area contributed by atoms with Crippen LogP contribution in [0.1, 0.15) is 50.5 Å². The quantitative estimate of drug-likeness (QED) is 0.108. The SMILES string of the molecule is O=C1N[C@]2(C(=O)NOc3ccccc3)C[C@@H]2/C=C\CCCCC[C@H](Nc2cccc(C(F)(F)F)c2)C(=O)N2C[C@H](Oc3nc4ccc(F)cc4s3)C[C@@H]12. The number of carbonyl (C=O) groups is 3. The zero-order valence-electron chi connectivity index (χ0n) is 28.4. The first-order valence-electron chi connectivity index (χ1n) is 17.5. The van der Waals surface area contributed by atoms with E-state index in [1.54, 1.807) is 30.3 Å². The zero-order chi connectivity index (χ0) is 37.2. The molecule has 3 aliphatic rings. The van der Waals surface area contributed by atoms with Gasteiger partial charge < -0.3 is 25.1 Å². The third-order valence-electron chi connectivity index (χ3n) is 9.78. The van der Waals surface area contributed by atoms with Gasteiger partial charge in [-0.3, -0.25) is 14.4 Å². The molecule has 1 aliphatic carbocycles. The van der Waals surface area contributed by atoms with Crippen molar-refractivity contribution >= 4 is 45.0 Å². The van der Waals surface area contributed by atoms with E-state index in [9.17, 15) is 31.9 Å². The summed E-state index contributed by atoms with van der Waals surface area (Å²) in [4.78, 5) is 53.8. The summed E-state index contributed by atoms with van der Waals surface area (Å²) in [5, 5.41) is 6.18. The fourth-order valence-corrected chi connectivity index (χ4v) is 7.81. The lowest BCUT2D eigenvalue weighted by Crippen LogP contribution is -2.57. The Morgan fingerprint density at radius 2 is 1.85 bits per heavy atom. The molecule has 2 fully saturated rings. The van der Waals surface area contributed by atoms with Crippen molar-refractivity contribution in [1.82, 2.24) is 20.7 Å². The Bertz CT molecular complexity index is 2010. The number of thiazole rings is 1. The second-order valence-electron chi connectivity index (χ2n) is 13.5.